The van der Waals surface area contributed by atoms with Crippen LogP contribution in [-0.2, 0) is 25.6 Å². The monoisotopic (exact) mass is 422 g/mol. The number of carbonyl (C=O) groups is 4. The average Bonchev–Trinajstić information content (AvgIpc) is 3.20. The van der Waals surface area contributed by atoms with Gasteiger partial charge in [0.05, 0.1) is 6.04 Å². The van der Waals surface area contributed by atoms with E-state index < -0.39 is 42.5 Å². The second-order valence-electron chi connectivity index (χ2n) is 6.84. The minimum absolute atomic E-state index is 0.00855. The van der Waals surface area contributed by atoms with E-state index in [2.05, 4.69) is 23.3 Å². The van der Waals surface area contributed by atoms with Gasteiger partial charge in [-0.1, -0.05) is 30.3 Å². The zero-order valence-corrected chi connectivity index (χ0v) is 16.8. The molecule has 1 aromatic carbocycles. The van der Waals surface area contributed by atoms with Gasteiger partial charge in [-0.2, -0.15) is 12.6 Å². The van der Waals surface area contributed by atoms with E-state index in [9.17, 15) is 19.2 Å². The fourth-order valence-corrected chi connectivity index (χ4v) is 3.48. The van der Waals surface area contributed by atoms with Crippen LogP contribution in [0.4, 0.5) is 0 Å². The van der Waals surface area contributed by atoms with Crippen molar-refractivity contribution in [3.63, 3.8) is 0 Å². The van der Waals surface area contributed by atoms with Gasteiger partial charge in [0.25, 0.3) is 0 Å². The zero-order chi connectivity index (χ0) is 21.4. The Kier molecular flexibility index (Phi) is 8.47. The quantitative estimate of drug-likeness (QED) is 0.329. The van der Waals surface area contributed by atoms with Crippen LogP contribution in [0.1, 0.15) is 18.4 Å². The second kappa shape index (κ2) is 10.8. The van der Waals surface area contributed by atoms with Gasteiger partial charge in [-0.05, 0) is 24.8 Å². The third kappa shape index (κ3) is 6.47. The third-order valence-corrected chi connectivity index (χ3v) is 5.05. The number of carbonyl (C=O) groups excluding carboxylic acids is 3. The molecule has 9 nitrogen and oxygen atoms in total. The van der Waals surface area contributed by atoms with Crippen LogP contribution in [0.2, 0.25) is 0 Å². The van der Waals surface area contributed by atoms with Crippen molar-refractivity contribution in [2.45, 2.75) is 37.4 Å². The van der Waals surface area contributed by atoms with Crippen LogP contribution in [0.3, 0.4) is 0 Å². The van der Waals surface area contributed by atoms with Crippen molar-refractivity contribution < 1.29 is 24.3 Å². The zero-order valence-electron chi connectivity index (χ0n) is 15.9. The Morgan fingerprint density at radius 3 is 2.55 bits per heavy atom. The minimum Gasteiger partial charge on any atom is -0.480 e. The van der Waals surface area contributed by atoms with E-state index in [0.717, 1.165) is 5.56 Å². The highest BCUT2D eigenvalue weighted by molar-refractivity contribution is 7.80. The molecule has 0 bridgehead atoms. The topological polar surface area (TPSA) is 142 Å². The van der Waals surface area contributed by atoms with Gasteiger partial charge >= 0.3 is 5.97 Å². The highest BCUT2D eigenvalue weighted by Crippen LogP contribution is 2.19. The fourth-order valence-electron chi connectivity index (χ4n) is 3.22. The molecule has 10 heteroatoms. The van der Waals surface area contributed by atoms with E-state index in [-0.39, 0.29) is 11.7 Å². The summed E-state index contributed by atoms with van der Waals surface area (Å²) in [5.74, 6) is -2.64. The smallest absolute Gasteiger partial charge is 0.322 e. The third-order valence-electron chi connectivity index (χ3n) is 4.68. The summed E-state index contributed by atoms with van der Waals surface area (Å²) in [5, 5.41) is 13.4. The highest BCUT2D eigenvalue weighted by Gasteiger charge is 2.37. The van der Waals surface area contributed by atoms with Crippen LogP contribution < -0.4 is 16.4 Å². The summed E-state index contributed by atoms with van der Waals surface area (Å²) in [6, 6.07) is 6.88. The van der Waals surface area contributed by atoms with Crippen molar-refractivity contribution in [1.29, 1.82) is 0 Å². The summed E-state index contributed by atoms with van der Waals surface area (Å²) < 4.78 is 0. The Morgan fingerprint density at radius 2 is 1.93 bits per heavy atom. The molecule has 0 radical (unpaired) electrons. The van der Waals surface area contributed by atoms with Crippen LogP contribution >= 0.6 is 12.6 Å². The normalized spacial score (nSPS) is 18.0. The van der Waals surface area contributed by atoms with Crippen LogP contribution in [-0.4, -0.2) is 70.7 Å². The highest BCUT2D eigenvalue weighted by atomic mass is 32.1. The molecule has 1 aliphatic rings. The van der Waals surface area contributed by atoms with Crippen molar-refractivity contribution >= 4 is 36.3 Å². The molecule has 1 aromatic rings. The molecule has 0 aliphatic carbocycles. The summed E-state index contributed by atoms with van der Waals surface area (Å²) in [4.78, 5) is 49.5. The molecule has 0 saturated carbocycles. The van der Waals surface area contributed by atoms with Crippen LogP contribution in [0, 0.1) is 0 Å². The summed E-state index contributed by atoms with van der Waals surface area (Å²) in [6.45, 7) is -0.141. The molecule has 2 rings (SSSR count). The van der Waals surface area contributed by atoms with Crippen LogP contribution in [0.5, 0.6) is 0 Å². The molecular weight excluding hydrogens is 396 g/mol. The maximum absolute atomic E-state index is 12.8. The number of nitrogens with zero attached hydrogens (tertiary/aromatic N) is 1. The van der Waals surface area contributed by atoms with Crippen molar-refractivity contribution in [3.05, 3.63) is 35.9 Å². The first-order valence-corrected chi connectivity index (χ1v) is 9.97. The maximum Gasteiger partial charge on any atom is 0.322 e. The van der Waals surface area contributed by atoms with Crippen LogP contribution in [0.15, 0.2) is 30.3 Å². The van der Waals surface area contributed by atoms with E-state index >= 15 is 0 Å². The first-order valence-electron chi connectivity index (χ1n) is 9.34. The van der Waals surface area contributed by atoms with E-state index in [4.69, 9.17) is 10.8 Å². The second-order valence-corrected chi connectivity index (χ2v) is 7.21. The first-order chi connectivity index (χ1) is 13.8. The molecular formula is C19H26N4O5S. The molecule has 0 aromatic heterocycles. The number of benzene rings is 1. The lowest BCUT2D eigenvalue weighted by atomic mass is 10.1. The van der Waals surface area contributed by atoms with E-state index in [1.807, 2.05) is 30.3 Å². The SMILES string of the molecule is NC(Cc1ccccc1)C(=O)N1CCCC1C(=O)NC(CS)C(=O)NCC(=O)O. The van der Waals surface area contributed by atoms with Gasteiger partial charge in [-0.25, -0.2) is 0 Å². The van der Waals surface area contributed by atoms with Crippen LogP contribution in [0.25, 0.3) is 0 Å². The molecule has 3 atom stereocenters. The Morgan fingerprint density at radius 1 is 1.24 bits per heavy atom. The number of likely N-dealkylation sites (tertiary alicyclic amines) is 1. The van der Waals surface area contributed by atoms with Crippen molar-refractivity contribution in [2.24, 2.45) is 5.73 Å². The summed E-state index contributed by atoms with van der Waals surface area (Å²) in [6.07, 6.45) is 1.48. The molecule has 5 N–H and O–H groups in total. The number of carboxylic acids is 1. The minimum atomic E-state index is -1.19. The maximum atomic E-state index is 12.8. The lowest BCUT2D eigenvalue weighted by molar-refractivity contribution is -0.140. The summed E-state index contributed by atoms with van der Waals surface area (Å²) >= 11 is 4.04. The van der Waals surface area contributed by atoms with Gasteiger partial charge in [0.1, 0.15) is 18.6 Å². The number of thiol groups is 1. The summed E-state index contributed by atoms with van der Waals surface area (Å²) in [5.41, 5.74) is 7.01. The fraction of sp³-hybridized carbons (Fsp3) is 0.474. The summed E-state index contributed by atoms with van der Waals surface area (Å²) in [7, 11) is 0. The van der Waals surface area contributed by atoms with Crippen molar-refractivity contribution in [2.75, 3.05) is 18.8 Å². The Labute approximate surface area is 174 Å². The van der Waals surface area contributed by atoms with Gasteiger partial charge < -0.3 is 26.4 Å². The molecule has 3 amide bonds. The predicted molar refractivity (Wildman–Crippen MR) is 109 cm³/mol. The largest absolute Gasteiger partial charge is 0.480 e. The number of carboxylic acid groups (broad SMARTS) is 1. The molecule has 3 unspecified atom stereocenters. The number of nitrogens with one attached hydrogen (secondary N) is 2. The number of hydrogen-bond acceptors (Lipinski definition) is 6. The molecule has 158 valence electrons. The number of amides is 3. The Bertz CT molecular complexity index is 745. The van der Waals surface area contributed by atoms with E-state index in [0.29, 0.717) is 25.8 Å². The average molecular weight is 423 g/mol. The number of rotatable bonds is 9. The molecule has 1 saturated heterocycles. The van der Waals surface area contributed by atoms with E-state index in [1.165, 1.54) is 4.90 Å². The Hall–Kier alpha value is -2.59. The molecule has 0 spiro atoms. The number of hydrogen-bond donors (Lipinski definition) is 5. The van der Waals surface area contributed by atoms with Crippen molar-refractivity contribution in [1.82, 2.24) is 15.5 Å². The standard InChI is InChI=1S/C19H26N4O5S/c20-13(9-12-5-2-1-3-6-12)19(28)23-8-4-7-15(23)18(27)22-14(11-29)17(26)21-10-16(24)25/h1-3,5-6,13-15,29H,4,7-11,20H2,(H,21,26)(H,22,27)(H,24,25). The van der Waals surface area contributed by atoms with Gasteiger partial charge in [0, 0.05) is 12.3 Å². The molecule has 1 aliphatic heterocycles. The molecule has 29 heavy (non-hydrogen) atoms. The Balaban J connectivity index is 1.97. The van der Waals surface area contributed by atoms with Gasteiger partial charge in [0.2, 0.25) is 17.7 Å². The first kappa shape index (κ1) is 22.7. The predicted octanol–water partition coefficient (Wildman–Crippen LogP) is -0.837. The van der Waals surface area contributed by atoms with Gasteiger partial charge in [0.15, 0.2) is 0 Å². The molecule has 1 heterocycles. The van der Waals surface area contributed by atoms with E-state index in [1.54, 1.807) is 0 Å². The lowest BCUT2D eigenvalue weighted by Crippen LogP contribution is -2.56. The van der Waals surface area contributed by atoms with Gasteiger partial charge in [-0.15, -0.1) is 0 Å². The van der Waals surface area contributed by atoms with Crippen molar-refractivity contribution in [3.8, 4) is 0 Å². The molecule has 1 fully saturated rings. The number of aliphatic carboxylic acids is 1. The number of nitrogens with two attached hydrogens (primary N) is 1. The lowest BCUT2D eigenvalue weighted by Gasteiger charge is -2.28. The van der Waals surface area contributed by atoms with Gasteiger partial charge in [-0.3, -0.25) is 19.2 Å².